The minimum absolute atomic E-state index is 0.355. The van der Waals surface area contributed by atoms with Gasteiger partial charge in [-0.3, -0.25) is 0 Å². The molecule has 0 aliphatic carbocycles. The zero-order chi connectivity index (χ0) is 16.7. The standard InChI is InChI=1S/C19H29NO3/c1-5-7-17-8-9-18(19(12-17)21-4)22-11-6-10-20-13-15(2)23-16(3)14-20/h5,7-9,12,15-16H,6,10-11,13-14H2,1-4H3/p+1/b7-5+/t15-,16-/m0/s1. The van der Waals surface area contributed by atoms with Gasteiger partial charge in [0, 0.05) is 6.42 Å². The first-order chi connectivity index (χ1) is 11.1. The summed E-state index contributed by atoms with van der Waals surface area (Å²) in [4.78, 5) is 1.61. The van der Waals surface area contributed by atoms with Gasteiger partial charge in [0.25, 0.3) is 0 Å². The van der Waals surface area contributed by atoms with E-state index in [0.29, 0.717) is 18.8 Å². The van der Waals surface area contributed by atoms with Gasteiger partial charge in [-0.2, -0.15) is 0 Å². The van der Waals surface area contributed by atoms with Gasteiger partial charge in [-0.05, 0) is 38.5 Å². The van der Waals surface area contributed by atoms with E-state index in [0.717, 1.165) is 43.1 Å². The molecule has 1 N–H and O–H groups in total. The summed E-state index contributed by atoms with van der Waals surface area (Å²) in [6.07, 6.45) is 5.82. The molecular weight excluding hydrogens is 290 g/mol. The summed E-state index contributed by atoms with van der Waals surface area (Å²) in [6, 6.07) is 6.04. The Morgan fingerprint density at radius 3 is 2.61 bits per heavy atom. The number of ether oxygens (including phenoxy) is 3. The molecule has 2 rings (SSSR count). The van der Waals surface area contributed by atoms with Gasteiger partial charge in [-0.25, -0.2) is 0 Å². The van der Waals surface area contributed by atoms with Crippen LogP contribution in [0.25, 0.3) is 6.08 Å². The number of morpholine rings is 1. The van der Waals surface area contributed by atoms with Crippen molar-refractivity contribution in [1.29, 1.82) is 0 Å². The highest BCUT2D eigenvalue weighted by Crippen LogP contribution is 2.28. The van der Waals surface area contributed by atoms with Crippen molar-refractivity contribution in [3.63, 3.8) is 0 Å². The summed E-state index contributed by atoms with van der Waals surface area (Å²) in [6.45, 7) is 10.3. The molecule has 1 aromatic carbocycles. The molecule has 0 aromatic heterocycles. The molecule has 0 bridgehead atoms. The number of methoxy groups -OCH3 is 1. The fourth-order valence-corrected chi connectivity index (χ4v) is 3.20. The number of hydrogen-bond donors (Lipinski definition) is 1. The van der Waals surface area contributed by atoms with Crippen LogP contribution in [0.5, 0.6) is 11.5 Å². The normalized spacial score (nSPS) is 24.8. The molecule has 0 radical (unpaired) electrons. The Kier molecular flexibility index (Phi) is 6.93. The molecule has 1 aromatic rings. The second-order valence-corrected chi connectivity index (χ2v) is 6.28. The first-order valence-electron chi connectivity index (χ1n) is 8.55. The molecule has 4 heteroatoms. The lowest BCUT2D eigenvalue weighted by Crippen LogP contribution is -3.15. The number of hydrogen-bond acceptors (Lipinski definition) is 3. The number of nitrogens with one attached hydrogen (secondary N) is 1. The van der Waals surface area contributed by atoms with Crippen molar-refractivity contribution in [3.8, 4) is 11.5 Å². The van der Waals surface area contributed by atoms with Crippen LogP contribution in [-0.4, -0.2) is 45.6 Å². The van der Waals surface area contributed by atoms with E-state index >= 15 is 0 Å². The molecule has 1 fully saturated rings. The maximum absolute atomic E-state index is 5.91. The van der Waals surface area contributed by atoms with Crippen LogP contribution >= 0.6 is 0 Å². The molecule has 23 heavy (non-hydrogen) atoms. The van der Waals surface area contributed by atoms with Gasteiger partial charge in [0.2, 0.25) is 0 Å². The highest BCUT2D eigenvalue weighted by atomic mass is 16.5. The van der Waals surface area contributed by atoms with E-state index in [-0.39, 0.29) is 0 Å². The maximum atomic E-state index is 5.91. The van der Waals surface area contributed by atoms with Crippen LogP contribution in [0, 0.1) is 0 Å². The topological polar surface area (TPSA) is 32.1 Å². The minimum Gasteiger partial charge on any atom is -0.493 e. The largest absolute Gasteiger partial charge is 0.493 e. The smallest absolute Gasteiger partial charge is 0.161 e. The fraction of sp³-hybridized carbons (Fsp3) is 0.579. The second-order valence-electron chi connectivity index (χ2n) is 6.28. The van der Waals surface area contributed by atoms with E-state index < -0.39 is 0 Å². The Balaban J connectivity index is 1.79. The summed E-state index contributed by atoms with van der Waals surface area (Å²) < 4.78 is 17.1. The molecule has 1 saturated heterocycles. The summed E-state index contributed by atoms with van der Waals surface area (Å²) in [5, 5.41) is 0. The number of quaternary nitrogens is 1. The van der Waals surface area contributed by atoms with Crippen molar-refractivity contribution in [3.05, 3.63) is 29.8 Å². The molecular formula is C19H30NO3+. The zero-order valence-electron chi connectivity index (χ0n) is 14.8. The van der Waals surface area contributed by atoms with Crippen molar-refractivity contribution in [2.24, 2.45) is 0 Å². The van der Waals surface area contributed by atoms with Gasteiger partial charge >= 0.3 is 0 Å². The van der Waals surface area contributed by atoms with Gasteiger partial charge < -0.3 is 19.1 Å². The lowest BCUT2D eigenvalue weighted by atomic mass is 10.2. The van der Waals surface area contributed by atoms with E-state index in [1.807, 2.05) is 25.1 Å². The van der Waals surface area contributed by atoms with Crippen LogP contribution < -0.4 is 14.4 Å². The van der Waals surface area contributed by atoms with Crippen LogP contribution in [0.3, 0.4) is 0 Å². The number of benzene rings is 1. The Bertz CT molecular complexity index is 505. The van der Waals surface area contributed by atoms with Crippen LogP contribution in [0.1, 0.15) is 32.8 Å². The maximum Gasteiger partial charge on any atom is 0.161 e. The fourth-order valence-electron chi connectivity index (χ4n) is 3.20. The summed E-state index contributed by atoms with van der Waals surface area (Å²) in [5.74, 6) is 1.61. The van der Waals surface area contributed by atoms with E-state index in [1.54, 1.807) is 12.0 Å². The van der Waals surface area contributed by atoms with E-state index in [9.17, 15) is 0 Å². The van der Waals surface area contributed by atoms with Crippen LogP contribution in [0.4, 0.5) is 0 Å². The van der Waals surface area contributed by atoms with Gasteiger partial charge in [-0.1, -0.05) is 18.2 Å². The van der Waals surface area contributed by atoms with E-state index in [2.05, 4.69) is 26.0 Å². The molecule has 1 aliphatic rings. The van der Waals surface area contributed by atoms with E-state index in [4.69, 9.17) is 14.2 Å². The highest BCUT2D eigenvalue weighted by Gasteiger charge is 2.24. The van der Waals surface area contributed by atoms with Gasteiger partial charge in [-0.15, -0.1) is 0 Å². The van der Waals surface area contributed by atoms with Gasteiger partial charge in [0.1, 0.15) is 25.3 Å². The zero-order valence-corrected chi connectivity index (χ0v) is 14.8. The Labute approximate surface area is 140 Å². The van der Waals surface area contributed by atoms with Crippen molar-refractivity contribution >= 4 is 6.08 Å². The molecule has 0 saturated carbocycles. The lowest BCUT2D eigenvalue weighted by molar-refractivity contribution is -0.915. The Hall–Kier alpha value is -1.52. The summed E-state index contributed by atoms with van der Waals surface area (Å²) in [5.41, 5.74) is 1.12. The first-order valence-corrected chi connectivity index (χ1v) is 8.55. The third-order valence-electron chi connectivity index (χ3n) is 4.10. The lowest BCUT2D eigenvalue weighted by Gasteiger charge is -2.32. The molecule has 4 nitrogen and oxygen atoms in total. The molecule has 128 valence electrons. The van der Waals surface area contributed by atoms with Gasteiger partial charge in [0.05, 0.1) is 20.3 Å². The van der Waals surface area contributed by atoms with Crippen molar-refractivity contribution < 1.29 is 19.1 Å². The summed E-state index contributed by atoms with van der Waals surface area (Å²) >= 11 is 0. The summed E-state index contributed by atoms with van der Waals surface area (Å²) in [7, 11) is 1.68. The van der Waals surface area contributed by atoms with E-state index in [1.165, 1.54) is 0 Å². The first kappa shape index (κ1) is 17.8. The average Bonchev–Trinajstić information content (AvgIpc) is 2.52. The molecule has 2 atom stereocenters. The monoisotopic (exact) mass is 320 g/mol. The van der Waals surface area contributed by atoms with Gasteiger partial charge in [0.15, 0.2) is 11.5 Å². The van der Waals surface area contributed by atoms with Crippen LogP contribution in [0.2, 0.25) is 0 Å². The minimum atomic E-state index is 0.355. The predicted molar refractivity (Wildman–Crippen MR) is 93.4 cm³/mol. The van der Waals surface area contributed by atoms with Crippen molar-refractivity contribution in [2.75, 3.05) is 33.4 Å². The van der Waals surface area contributed by atoms with Crippen LogP contribution in [-0.2, 0) is 4.74 Å². The molecule has 1 heterocycles. The second kappa shape index (κ2) is 8.94. The SMILES string of the molecule is C/C=C/c1ccc(OCCC[NH+]2C[C@H](C)O[C@@H](C)C2)c(OC)c1. The molecule has 0 amide bonds. The molecule has 1 aliphatic heterocycles. The van der Waals surface area contributed by atoms with Crippen molar-refractivity contribution in [1.82, 2.24) is 0 Å². The third kappa shape index (κ3) is 5.56. The quantitative estimate of drug-likeness (QED) is 0.782. The highest BCUT2D eigenvalue weighted by molar-refractivity contribution is 5.55. The average molecular weight is 320 g/mol. The third-order valence-corrected chi connectivity index (χ3v) is 4.10. The number of allylic oxidation sites excluding steroid dienone is 1. The van der Waals surface area contributed by atoms with Crippen LogP contribution in [0.15, 0.2) is 24.3 Å². The van der Waals surface area contributed by atoms with Crippen molar-refractivity contribution in [2.45, 2.75) is 39.4 Å². The predicted octanol–water partition coefficient (Wildman–Crippen LogP) is 2.19. The molecule has 0 unspecified atom stereocenters. The Morgan fingerprint density at radius 1 is 1.22 bits per heavy atom. The number of rotatable bonds is 7. The Morgan fingerprint density at radius 2 is 1.96 bits per heavy atom. The molecule has 0 spiro atoms.